The van der Waals surface area contributed by atoms with Crippen LogP contribution >= 0.6 is 0 Å². The zero-order valence-electron chi connectivity index (χ0n) is 17.6. The number of likely N-dealkylation sites (N-methyl/N-ethyl adjacent to an activating group) is 1. The number of fused-ring (bicyclic) bond motifs is 1. The van der Waals surface area contributed by atoms with Crippen molar-refractivity contribution in [3.63, 3.8) is 0 Å². The van der Waals surface area contributed by atoms with Gasteiger partial charge in [0, 0.05) is 41.6 Å². The summed E-state index contributed by atoms with van der Waals surface area (Å²) in [5.74, 6) is 1.27. The van der Waals surface area contributed by atoms with E-state index < -0.39 is 0 Å². The van der Waals surface area contributed by atoms with Crippen molar-refractivity contribution in [3.8, 4) is 5.75 Å². The summed E-state index contributed by atoms with van der Waals surface area (Å²) in [7, 11) is 4.14. The third-order valence-electron chi connectivity index (χ3n) is 4.51. The average molecular weight is 395 g/mol. The fourth-order valence-corrected chi connectivity index (χ4v) is 2.97. The van der Waals surface area contributed by atoms with Crippen molar-refractivity contribution in [2.24, 2.45) is 5.92 Å². The second-order valence-electron chi connectivity index (χ2n) is 7.89. The van der Waals surface area contributed by atoms with Crippen molar-refractivity contribution in [1.29, 1.82) is 0 Å². The van der Waals surface area contributed by atoms with E-state index in [2.05, 4.69) is 60.3 Å². The number of rotatable bonds is 8. The van der Waals surface area contributed by atoms with Crippen LogP contribution in [0.2, 0.25) is 0 Å². The molecule has 6 nitrogen and oxygen atoms in total. The lowest BCUT2D eigenvalue weighted by molar-refractivity contribution is 0.262. The Kier molecular flexibility index (Phi) is 6.77. The normalized spacial score (nSPS) is 11.2. The maximum Gasteiger partial charge on any atom is 0.323 e. The van der Waals surface area contributed by atoms with Gasteiger partial charge in [-0.1, -0.05) is 13.8 Å². The zero-order chi connectivity index (χ0) is 20.8. The second kappa shape index (κ2) is 9.47. The van der Waals surface area contributed by atoms with Crippen LogP contribution in [0.5, 0.6) is 5.75 Å². The SMILES string of the molecule is CC(C)COc1ccc(NC(=O)Nc2ccc3c(ccn3CCN(C)C)c2)cc1. The number of amides is 2. The summed E-state index contributed by atoms with van der Waals surface area (Å²) in [6.45, 7) is 6.80. The average Bonchev–Trinajstić information content (AvgIpc) is 3.08. The molecule has 0 aliphatic heterocycles. The highest BCUT2D eigenvalue weighted by Crippen LogP contribution is 2.21. The Morgan fingerprint density at radius 1 is 1.03 bits per heavy atom. The molecule has 1 aromatic heterocycles. The summed E-state index contributed by atoms with van der Waals surface area (Å²) in [6, 6.07) is 15.2. The number of nitrogens with zero attached hydrogens (tertiary/aromatic N) is 2. The minimum atomic E-state index is -0.271. The number of ether oxygens (including phenoxy) is 1. The molecule has 6 heteroatoms. The molecule has 2 N–H and O–H groups in total. The molecule has 0 spiro atoms. The smallest absolute Gasteiger partial charge is 0.323 e. The maximum atomic E-state index is 12.3. The number of benzene rings is 2. The highest BCUT2D eigenvalue weighted by molar-refractivity contribution is 6.01. The molecule has 0 saturated carbocycles. The van der Waals surface area contributed by atoms with E-state index in [9.17, 15) is 4.79 Å². The number of hydrogen-bond donors (Lipinski definition) is 2. The summed E-state index contributed by atoms with van der Waals surface area (Å²) in [5.41, 5.74) is 2.64. The summed E-state index contributed by atoms with van der Waals surface area (Å²) >= 11 is 0. The first-order chi connectivity index (χ1) is 13.9. The lowest BCUT2D eigenvalue weighted by Crippen LogP contribution is -2.19. The third kappa shape index (κ3) is 5.99. The molecule has 3 aromatic rings. The van der Waals surface area contributed by atoms with Crippen molar-refractivity contribution >= 4 is 28.3 Å². The van der Waals surface area contributed by atoms with E-state index in [1.807, 2.05) is 42.5 Å². The first-order valence-corrected chi connectivity index (χ1v) is 9.95. The summed E-state index contributed by atoms with van der Waals surface area (Å²) in [6.07, 6.45) is 2.08. The maximum absolute atomic E-state index is 12.3. The number of nitrogens with one attached hydrogen (secondary N) is 2. The van der Waals surface area contributed by atoms with Gasteiger partial charge in [-0.15, -0.1) is 0 Å². The molecule has 0 fully saturated rings. The zero-order valence-corrected chi connectivity index (χ0v) is 17.6. The predicted molar refractivity (Wildman–Crippen MR) is 120 cm³/mol. The molecule has 0 atom stereocenters. The number of aromatic nitrogens is 1. The molecular weight excluding hydrogens is 364 g/mol. The van der Waals surface area contributed by atoms with Crippen LogP contribution in [-0.4, -0.2) is 42.7 Å². The summed E-state index contributed by atoms with van der Waals surface area (Å²) in [5, 5.41) is 6.85. The van der Waals surface area contributed by atoms with Crippen molar-refractivity contribution in [1.82, 2.24) is 9.47 Å². The lowest BCUT2D eigenvalue weighted by Gasteiger charge is -2.12. The van der Waals surface area contributed by atoms with Crippen LogP contribution < -0.4 is 15.4 Å². The van der Waals surface area contributed by atoms with Gasteiger partial charge in [0.25, 0.3) is 0 Å². The van der Waals surface area contributed by atoms with Gasteiger partial charge in [-0.25, -0.2) is 4.79 Å². The van der Waals surface area contributed by atoms with Gasteiger partial charge in [0.2, 0.25) is 0 Å². The van der Waals surface area contributed by atoms with Crippen molar-refractivity contribution < 1.29 is 9.53 Å². The van der Waals surface area contributed by atoms with Crippen molar-refractivity contribution in [2.75, 3.05) is 37.9 Å². The van der Waals surface area contributed by atoms with Gasteiger partial charge in [-0.3, -0.25) is 0 Å². The minimum absolute atomic E-state index is 0.271. The Morgan fingerprint density at radius 2 is 1.72 bits per heavy atom. The first-order valence-electron chi connectivity index (χ1n) is 9.95. The fourth-order valence-electron chi connectivity index (χ4n) is 2.97. The number of carbonyl (C=O) groups is 1. The molecule has 2 amide bonds. The van der Waals surface area contributed by atoms with Crippen LogP contribution in [-0.2, 0) is 6.54 Å². The van der Waals surface area contributed by atoms with Gasteiger partial charge in [0.1, 0.15) is 5.75 Å². The minimum Gasteiger partial charge on any atom is -0.493 e. The van der Waals surface area contributed by atoms with E-state index in [0.29, 0.717) is 12.5 Å². The molecule has 2 aromatic carbocycles. The van der Waals surface area contributed by atoms with Crippen molar-refractivity contribution in [2.45, 2.75) is 20.4 Å². The number of hydrogen-bond acceptors (Lipinski definition) is 3. The molecule has 0 aliphatic carbocycles. The van der Waals surface area contributed by atoms with Crippen LogP contribution in [0.15, 0.2) is 54.7 Å². The van der Waals surface area contributed by atoms with E-state index in [0.717, 1.165) is 41.1 Å². The van der Waals surface area contributed by atoms with E-state index in [4.69, 9.17) is 4.74 Å². The molecule has 0 aliphatic rings. The largest absolute Gasteiger partial charge is 0.493 e. The van der Waals surface area contributed by atoms with Crippen molar-refractivity contribution in [3.05, 3.63) is 54.7 Å². The molecular formula is C23H30N4O2. The summed E-state index contributed by atoms with van der Waals surface area (Å²) < 4.78 is 7.89. The molecule has 1 heterocycles. The van der Waals surface area contributed by atoms with Gasteiger partial charge in [-0.05, 0) is 68.5 Å². The standard InChI is InChI=1S/C23H30N4O2/c1-17(2)16-29-21-8-5-19(6-9-21)24-23(28)25-20-7-10-22-18(15-20)11-12-27(22)14-13-26(3)4/h5-12,15,17H,13-14,16H2,1-4H3,(H2,24,25,28). The highest BCUT2D eigenvalue weighted by Gasteiger charge is 2.07. The number of carbonyl (C=O) groups excluding carboxylic acids is 1. The molecule has 0 unspecified atom stereocenters. The molecule has 3 rings (SSSR count). The van der Waals surface area contributed by atoms with E-state index in [-0.39, 0.29) is 6.03 Å². The lowest BCUT2D eigenvalue weighted by atomic mass is 10.2. The van der Waals surface area contributed by atoms with E-state index >= 15 is 0 Å². The molecule has 29 heavy (non-hydrogen) atoms. The van der Waals surface area contributed by atoms with E-state index in [1.165, 1.54) is 0 Å². The van der Waals surface area contributed by atoms with Crippen LogP contribution in [0, 0.1) is 5.92 Å². The Balaban J connectivity index is 1.58. The van der Waals surface area contributed by atoms with Gasteiger partial charge >= 0.3 is 6.03 Å². The Hall–Kier alpha value is -2.99. The van der Waals surface area contributed by atoms with Crippen LogP contribution in [0.1, 0.15) is 13.8 Å². The fraction of sp³-hybridized carbons (Fsp3) is 0.348. The highest BCUT2D eigenvalue weighted by atomic mass is 16.5. The number of anilines is 2. The van der Waals surface area contributed by atoms with Gasteiger partial charge in [0.05, 0.1) is 6.61 Å². The summed E-state index contributed by atoms with van der Waals surface area (Å²) in [4.78, 5) is 14.5. The van der Waals surface area contributed by atoms with Crippen LogP contribution in [0.3, 0.4) is 0 Å². The van der Waals surface area contributed by atoms with Gasteiger partial charge in [0.15, 0.2) is 0 Å². The van der Waals surface area contributed by atoms with Gasteiger partial charge < -0.3 is 24.8 Å². The number of urea groups is 1. The molecule has 154 valence electrons. The molecule has 0 radical (unpaired) electrons. The van der Waals surface area contributed by atoms with Gasteiger partial charge in [-0.2, -0.15) is 0 Å². The predicted octanol–water partition coefficient (Wildman–Crippen LogP) is 4.88. The monoisotopic (exact) mass is 394 g/mol. The molecule has 0 saturated heterocycles. The van der Waals surface area contributed by atoms with Crippen LogP contribution in [0.4, 0.5) is 16.2 Å². The van der Waals surface area contributed by atoms with Crippen LogP contribution in [0.25, 0.3) is 10.9 Å². The molecule has 0 bridgehead atoms. The first kappa shape index (κ1) is 20.7. The topological polar surface area (TPSA) is 58.5 Å². The second-order valence-corrected chi connectivity index (χ2v) is 7.89. The van der Waals surface area contributed by atoms with E-state index in [1.54, 1.807) is 0 Å². The third-order valence-corrected chi connectivity index (χ3v) is 4.51. The quantitative estimate of drug-likeness (QED) is 0.572. The Bertz CT molecular complexity index is 945. The Morgan fingerprint density at radius 3 is 2.41 bits per heavy atom. The Labute approximate surface area is 172 Å².